The Kier molecular flexibility index (Phi) is 47.2. The number of halogens is 4. The van der Waals surface area contributed by atoms with Gasteiger partial charge in [0.25, 0.3) is 0 Å². The number of ketones is 4. The number of ether oxygens (including phenoxy) is 6. The normalized spacial score (nSPS) is 12.6. The molecule has 0 aliphatic rings. The van der Waals surface area contributed by atoms with Crippen molar-refractivity contribution >= 4 is 149 Å². The Morgan fingerprint density at radius 3 is 1.10 bits per heavy atom. The Morgan fingerprint density at radius 2 is 0.724 bits per heavy atom. The highest BCUT2D eigenvalue weighted by Crippen LogP contribution is 2.37. The zero-order chi connectivity index (χ0) is 98.3. The van der Waals surface area contributed by atoms with Crippen LogP contribution in [-0.4, -0.2) is 148 Å². The number of aryl methyl sites for hydroxylation is 4. The molecule has 0 saturated carbocycles. The molecule has 0 amide bonds. The zero-order valence-electron chi connectivity index (χ0n) is 81.6. The summed E-state index contributed by atoms with van der Waals surface area (Å²) in [5.74, 6) is 8.33. The molecule has 0 spiro atoms. The number of anilines is 6. The minimum absolute atomic E-state index is 0. The third-order valence-corrected chi connectivity index (χ3v) is 23.3. The summed E-state index contributed by atoms with van der Waals surface area (Å²) in [6.45, 7) is 32.8. The minimum atomic E-state index is -0.336. The molecule has 0 radical (unpaired) electrons. The smallest absolute Gasteiger partial charge is 0.225 e. The second-order valence-corrected chi connectivity index (χ2v) is 35.9. The molecule has 0 aliphatic heterocycles. The Morgan fingerprint density at radius 1 is 0.381 bits per heavy atom. The number of carbonyl (C=O) groups excluding carboxylic acids is 4. The molecule has 11 N–H and O–H groups in total. The number of Topliss-reactive ketones (excluding diaryl/α,β-unsaturated/α-hetero) is 4. The summed E-state index contributed by atoms with van der Waals surface area (Å²) in [5, 5.41) is 18.5. The number of nitrogens with zero attached hydrogens (tertiary/aromatic N) is 12. The number of methoxy groups -OCH3 is 6. The summed E-state index contributed by atoms with van der Waals surface area (Å²) < 4.78 is 31.8. The Bertz CT molecular complexity index is 5620. The van der Waals surface area contributed by atoms with Gasteiger partial charge < -0.3 is 91.4 Å². The van der Waals surface area contributed by atoms with Crippen molar-refractivity contribution in [2.24, 2.45) is 11.5 Å². The molecule has 0 bridgehead atoms. The van der Waals surface area contributed by atoms with E-state index in [0.29, 0.717) is 119 Å². The molecule has 8 aromatic heterocycles. The van der Waals surface area contributed by atoms with E-state index in [-0.39, 0.29) is 69.1 Å². The Hall–Kier alpha value is -11.0. The molecule has 8 heterocycles. The fourth-order valence-corrected chi connectivity index (χ4v) is 15.2. The SMILES string of the molecule is C.CCCC[C@@](C)(N)CCC(C)=O.CCCC[C@](C)(CCC(C)=O)Nc1nc(N)nc2c(C)ccnc12.CCCC[C@](C)(CCC(C)=O)Nc1nc(NCc2ccc(OC)cc2OC)nc2c(C)cc(Cl)nc12.CCCC[C@](C)(CCC(C)=O)Nc1nc(NCc2ccc(OC)cc2OC)nc2c(C)ccnc12.COc1ccc(CN)c(OC)c1.Cc1cc(Cl)nc2c(Cl)nc(Cl)nc12. The van der Waals surface area contributed by atoms with E-state index in [2.05, 4.69) is 115 Å². The van der Waals surface area contributed by atoms with Crippen LogP contribution in [0.1, 0.15) is 258 Å². The number of benzene rings is 3. The number of unbranched alkanes of at least 4 members (excludes halogenated alkanes) is 4. The van der Waals surface area contributed by atoms with Gasteiger partial charge in [-0.2, -0.15) is 15.0 Å². The summed E-state index contributed by atoms with van der Waals surface area (Å²) in [7, 11) is 9.76. The van der Waals surface area contributed by atoms with Gasteiger partial charge >= 0.3 is 0 Å². The van der Waals surface area contributed by atoms with E-state index in [9.17, 15) is 19.2 Å². The number of aromatic nitrogens is 12. The quantitative estimate of drug-likeness (QED) is 0.00999. The van der Waals surface area contributed by atoms with Crippen molar-refractivity contribution in [2.75, 3.05) is 75.0 Å². The van der Waals surface area contributed by atoms with Crippen molar-refractivity contribution in [3.05, 3.63) is 151 Å². The highest BCUT2D eigenvalue weighted by Gasteiger charge is 2.31. The number of rotatable bonds is 43. The molecule has 11 rings (SSSR count). The van der Waals surface area contributed by atoms with Crippen LogP contribution in [0.5, 0.6) is 34.5 Å². The van der Waals surface area contributed by atoms with Crippen molar-refractivity contribution in [1.82, 2.24) is 59.8 Å². The molecule has 0 saturated heterocycles. The minimum Gasteiger partial charge on any atom is -0.497 e. The lowest BCUT2D eigenvalue weighted by atomic mass is 9.89. The van der Waals surface area contributed by atoms with Gasteiger partial charge in [-0.3, -0.25) is 9.97 Å². The Balaban J connectivity index is 0.000000300. The molecule has 730 valence electrons. The molecule has 4 atom stereocenters. The molecule has 134 heavy (non-hydrogen) atoms. The number of hydrogen-bond donors (Lipinski definition) is 8. The first-order chi connectivity index (χ1) is 63.2. The molecule has 0 fully saturated rings. The summed E-state index contributed by atoms with van der Waals surface area (Å²) in [4.78, 5) is 98.9. The summed E-state index contributed by atoms with van der Waals surface area (Å²) in [6, 6.07) is 24.3. The topological polar surface area (TPSA) is 417 Å². The second kappa shape index (κ2) is 55.7. The van der Waals surface area contributed by atoms with Crippen LogP contribution >= 0.6 is 46.4 Å². The van der Waals surface area contributed by atoms with E-state index < -0.39 is 0 Å². The van der Waals surface area contributed by atoms with Crippen LogP contribution < -0.4 is 72.2 Å². The van der Waals surface area contributed by atoms with Gasteiger partial charge in [0.1, 0.15) is 90.0 Å². The number of nitrogens with two attached hydrogens (primary N) is 3. The van der Waals surface area contributed by atoms with E-state index in [1.54, 1.807) is 94.9 Å². The van der Waals surface area contributed by atoms with Crippen molar-refractivity contribution < 1.29 is 47.6 Å². The first kappa shape index (κ1) is 113. The third kappa shape index (κ3) is 36.3. The highest BCUT2D eigenvalue weighted by molar-refractivity contribution is 6.36. The summed E-state index contributed by atoms with van der Waals surface area (Å²) in [5.41, 5.74) is 28.5. The fraction of sp³-hybridized carbons (Fsp3) is 0.500. The van der Waals surface area contributed by atoms with Crippen molar-refractivity contribution in [3.8, 4) is 34.5 Å². The Labute approximate surface area is 811 Å². The average molecular weight is 1930 g/mol. The lowest BCUT2D eigenvalue weighted by molar-refractivity contribution is -0.118. The van der Waals surface area contributed by atoms with Crippen LogP contribution in [0.15, 0.2) is 91.3 Å². The van der Waals surface area contributed by atoms with Crippen LogP contribution in [-0.2, 0) is 38.8 Å². The predicted octanol–water partition coefficient (Wildman–Crippen LogP) is 23.0. The van der Waals surface area contributed by atoms with Crippen LogP contribution in [0.2, 0.25) is 20.7 Å². The number of nitrogen functional groups attached to an aromatic ring is 1. The zero-order valence-corrected chi connectivity index (χ0v) is 84.6. The number of carbonyl (C=O) groups is 4. The number of nitrogens with one attached hydrogen (secondary N) is 5. The van der Waals surface area contributed by atoms with Crippen LogP contribution in [0.4, 0.5) is 35.3 Å². The van der Waals surface area contributed by atoms with Gasteiger partial charge in [0.15, 0.2) is 22.6 Å². The van der Waals surface area contributed by atoms with Crippen LogP contribution in [0.3, 0.4) is 0 Å². The molecule has 11 aromatic rings. The van der Waals surface area contributed by atoms with Gasteiger partial charge in [0.05, 0.1) is 64.7 Å². The van der Waals surface area contributed by atoms with E-state index in [1.807, 2.05) is 101 Å². The lowest BCUT2D eigenvalue weighted by Crippen LogP contribution is -2.36. The van der Waals surface area contributed by atoms with Crippen LogP contribution in [0, 0.1) is 27.7 Å². The summed E-state index contributed by atoms with van der Waals surface area (Å²) in [6.07, 6.45) is 21.2. The van der Waals surface area contributed by atoms with Crippen molar-refractivity contribution in [3.63, 3.8) is 0 Å². The summed E-state index contributed by atoms with van der Waals surface area (Å²) >= 11 is 23.6. The van der Waals surface area contributed by atoms with Crippen LogP contribution in [0.25, 0.3) is 44.1 Å². The second-order valence-electron chi connectivity index (χ2n) is 34.5. The maximum atomic E-state index is 11.8. The van der Waals surface area contributed by atoms with Gasteiger partial charge in [-0.25, -0.2) is 34.9 Å². The maximum absolute atomic E-state index is 11.8. The molecular weight excluding hydrogens is 1780 g/mol. The number of hydrogen-bond acceptors (Lipinski definition) is 30. The van der Waals surface area contributed by atoms with E-state index in [1.165, 1.54) is 6.42 Å². The molecule has 0 aliphatic carbocycles. The average Bonchev–Trinajstić information content (AvgIpc) is 0.785. The van der Waals surface area contributed by atoms with Crippen molar-refractivity contribution in [1.29, 1.82) is 0 Å². The number of pyridine rings is 4. The molecule has 3 aromatic carbocycles. The van der Waals surface area contributed by atoms with Crippen molar-refractivity contribution in [2.45, 2.75) is 288 Å². The standard InChI is InChI=1S/C27H36ClN5O3.C27H37N5O3.C18H27N5O.C10H21NO.C9H13NO2.C8H4Cl3N3.CH4/c1-7-8-12-27(4,13-11-18(3)34)33-25-24-23(17(2)14-22(28)30-24)31-26(32-25)29-16-19-9-10-20(35-5)15-21(19)36-6;1-7-8-13-27(4,14-11-19(3)33)32-25-24-23(18(2)12-15-28-24)30-26(31-25)29-17-20-9-10-21(34-5)16-22(20)35-6;1-5-6-9-18(4,10-7-13(3)24)23-16-15-14(21-17(19)22-16)12(2)8-11-20-15;1-4-5-7-10(3,11)8-6-9(2)12;1-11-8-4-3-7(6-10)9(5-8)12-2;1-3-2-4(9)12-6-5(3)13-8(11)14-7(6)10;/h9-10,14-15H,7-8,11-13,16H2,1-6H3,(H2,29,31,32,33);9-10,12,15-16H,7-8,11,13-14,17H2,1-6H3,(H2,29,30,31,32);8,11H,5-7,9-10H2,1-4H3,(H3,19,21,22,23);4-8,11H2,1-3H3;3-5H,6,10H2,1-2H3;2H,1H3;1H4/t2*27-;18-;10-;;;/m1111.../s1. The lowest BCUT2D eigenvalue weighted by Gasteiger charge is -2.32. The van der Waals surface area contributed by atoms with E-state index >= 15 is 0 Å². The fourth-order valence-electron chi connectivity index (χ4n) is 14.3. The molecular formula is C100H142Cl4N20O10. The van der Waals surface area contributed by atoms with Gasteiger partial charge in [0, 0.05) is 115 Å². The molecule has 0 unspecified atom stereocenters. The molecule has 34 heteroatoms. The van der Waals surface area contributed by atoms with Gasteiger partial charge in [-0.15, -0.1) is 0 Å². The monoisotopic (exact) mass is 1920 g/mol. The van der Waals surface area contributed by atoms with Gasteiger partial charge in [-0.05, 0) is 223 Å². The van der Waals surface area contributed by atoms with E-state index in [0.717, 1.165) is 180 Å². The largest absolute Gasteiger partial charge is 0.497 e. The number of fused-ring (bicyclic) bond motifs is 4. The predicted molar refractivity (Wildman–Crippen MR) is 547 cm³/mol. The van der Waals surface area contributed by atoms with E-state index in [4.69, 9.17) is 112 Å². The van der Waals surface area contributed by atoms with Gasteiger partial charge in [0.2, 0.25) is 23.1 Å². The highest BCUT2D eigenvalue weighted by atomic mass is 35.5. The van der Waals surface area contributed by atoms with Gasteiger partial charge in [-0.1, -0.05) is 127 Å². The maximum Gasteiger partial charge on any atom is 0.225 e. The third-order valence-electron chi connectivity index (χ3n) is 22.5. The molecule has 30 nitrogen and oxygen atoms in total. The first-order valence-electron chi connectivity index (χ1n) is 45.1. The first-order valence-corrected chi connectivity index (χ1v) is 46.6.